The lowest BCUT2D eigenvalue weighted by molar-refractivity contribution is -0.169. The van der Waals surface area contributed by atoms with E-state index in [-0.39, 0.29) is 49.9 Å². The fourth-order valence-corrected chi connectivity index (χ4v) is 5.25. The van der Waals surface area contributed by atoms with Crippen LogP contribution in [0.3, 0.4) is 0 Å². The third-order valence-corrected chi connectivity index (χ3v) is 7.15. The predicted octanol–water partition coefficient (Wildman–Crippen LogP) is 3.78. The molecule has 4 rings (SSSR count). The molecule has 39 heavy (non-hydrogen) atoms. The standard InChI is InChI=1S/C28H33F3N4O4/c29-28(30,31)22-11-5-4-10-21(22)14-17-39-27(38)34-16-13-25(36)35-23(12-6-7-15-32)26(37)33(19-24(34)35)18-20-8-2-1-3-9-20/h1-5,8-11,23-24H,6-7,12-19,32H2/t23?,24-/m1/s1. The molecule has 2 N–H and O–H groups in total. The number of fused-ring (bicyclic) bond motifs is 1. The molecule has 0 aliphatic carbocycles. The number of hydrogen-bond acceptors (Lipinski definition) is 5. The molecule has 0 saturated carbocycles. The van der Waals surface area contributed by atoms with E-state index in [1.165, 1.54) is 28.0 Å². The Bertz CT molecular complexity index is 1160. The van der Waals surface area contributed by atoms with Gasteiger partial charge in [-0.15, -0.1) is 0 Å². The fourth-order valence-electron chi connectivity index (χ4n) is 5.25. The maximum absolute atomic E-state index is 13.5. The number of alkyl halides is 3. The van der Waals surface area contributed by atoms with Crippen LogP contribution in [0.4, 0.5) is 18.0 Å². The molecular formula is C28H33F3N4O4. The third-order valence-electron chi connectivity index (χ3n) is 7.15. The summed E-state index contributed by atoms with van der Waals surface area (Å²) in [5.41, 5.74) is 5.83. The highest BCUT2D eigenvalue weighted by Crippen LogP contribution is 2.32. The van der Waals surface area contributed by atoms with Gasteiger partial charge in [0.05, 0.1) is 18.7 Å². The predicted molar refractivity (Wildman–Crippen MR) is 137 cm³/mol. The number of ether oxygens (including phenoxy) is 1. The molecule has 3 amide bonds. The van der Waals surface area contributed by atoms with Gasteiger partial charge >= 0.3 is 12.3 Å². The van der Waals surface area contributed by atoms with Gasteiger partial charge in [-0.05, 0) is 43.0 Å². The van der Waals surface area contributed by atoms with E-state index < -0.39 is 30.0 Å². The minimum atomic E-state index is -4.51. The number of nitrogens with two attached hydrogens (primary N) is 1. The van der Waals surface area contributed by atoms with Gasteiger partial charge in [0.25, 0.3) is 0 Å². The monoisotopic (exact) mass is 546 g/mol. The first-order valence-electron chi connectivity index (χ1n) is 13.1. The van der Waals surface area contributed by atoms with Crippen molar-refractivity contribution in [3.05, 3.63) is 71.3 Å². The van der Waals surface area contributed by atoms with Crippen molar-refractivity contribution < 1.29 is 32.3 Å². The van der Waals surface area contributed by atoms with Gasteiger partial charge in [0.2, 0.25) is 11.8 Å². The van der Waals surface area contributed by atoms with Crippen molar-refractivity contribution in [3.8, 4) is 0 Å². The van der Waals surface area contributed by atoms with Gasteiger partial charge in [0.15, 0.2) is 0 Å². The molecule has 2 aromatic rings. The first-order chi connectivity index (χ1) is 18.7. The van der Waals surface area contributed by atoms with Crippen molar-refractivity contribution in [2.24, 2.45) is 5.73 Å². The van der Waals surface area contributed by atoms with Gasteiger partial charge in [-0.3, -0.25) is 14.5 Å². The molecule has 11 heteroatoms. The number of halogens is 3. The van der Waals surface area contributed by atoms with E-state index in [0.717, 1.165) is 11.6 Å². The second-order valence-corrected chi connectivity index (χ2v) is 9.75. The SMILES string of the molecule is NCCCCC1C(=O)N(Cc2ccccc2)C[C@@H]2N(C(=O)OCCc3ccccc3C(F)(F)F)CCC(=O)N12. The van der Waals surface area contributed by atoms with Crippen LogP contribution in [0, 0.1) is 0 Å². The van der Waals surface area contributed by atoms with Crippen LogP contribution in [0.15, 0.2) is 54.6 Å². The Balaban J connectivity index is 1.50. The average molecular weight is 547 g/mol. The van der Waals surface area contributed by atoms with Crippen LogP contribution in [0.5, 0.6) is 0 Å². The Morgan fingerprint density at radius 2 is 1.74 bits per heavy atom. The maximum atomic E-state index is 13.5. The minimum absolute atomic E-state index is 0.0296. The Hall–Kier alpha value is -3.60. The lowest BCUT2D eigenvalue weighted by Gasteiger charge is -2.52. The summed E-state index contributed by atoms with van der Waals surface area (Å²) in [5, 5.41) is 0. The molecule has 0 bridgehead atoms. The quantitative estimate of drug-likeness (QED) is 0.483. The van der Waals surface area contributed by atoms with E-state index in [4.69, 9.17) is 10.5 Å². The van der Waals surface area contributed by atoms with E-state index in [9.17, 15) is 27.6 Å². The minimum Gasteiger partial charge on any atom is -0.449 e. The number of hydrogen-bond donors (Lipinski definition) is 1. The van der Waals surface area contributed by atoms with Crippen molar-refractivity contribution in [1.82, 2.24) is 14.7 Å². The normalized spacial score (nSPS) is 19.7. The van der Waals surface area contributed by atoms with Crippen molar-refractivity contribution in [2.75, 3.05) is 26.2 Å². The lowest BCUT2D eigenvalue weighted by atomic mass is 9.98. The number of unbranched alkanes of at least 4 members (excludes halogenated alkanes) is 1. The summed E-state index contributed by atoms with van der Waals surface area (Å²) in [6.45, 7) is 0.736. The molecule has 2 heterocycles. The largest absolute Gasteiger partial charge is 0.449 e. The van der Waals surface area contributed by atoms with Gasteiger partial charge in [-0.2, -0.15) is 13.2 Å². The van der Waals surface area contributed by atoms with Gasteiger partial charge in [0, 0.05) is 25.9 Å². The maximum Gasteiger partial charge on any atom is 0.416 e. The summed E-state index contributed by atoms with van der Waals surface area (Å²) >= 11 is 0. The van der Waals surface area contributed by atoms with Crippen molar-refractivity contribution >= 4 is 17.9 Å². The van der Waals surface area contributed by atoms with E-state index in [2.05, 4.69) is 0 Å². The summed E-state index contributed by atoms with van der Waals surface area (Å²) in [5.74, 6) is -0.395. The fraction of sp³-hybridized carbons (Fsp3) is 0.464. The molecule has 2 atom stereocenters. The van der Waals surface area contributed by atoms with Crippen molar-refractivity contribution in [1.29, 1.82) is 0 Å². The highest BCUT2D eigenvalue weighted by Gasteiger charge is 2.48. The molecule has 2 aromatic carbocycles. The second-order valence-electron chi connectivity index (χ2n) is 9.75. The second kappa shape index (κ2) is 12.5. The van der Waals surface area contributed by atoms with Gasteiger partial charge in [-0.1, -0.05) is 48.5 Å². The lowest BCUT2D eigenvalue weighted by Crippen LogP contribution is -2.71. The topological polar surface area (TPSA) is 96.2 Å². The summed E-state index contributed by atoms with van der Waals surface area (Å²) in [7, 11) is 0. The molecule has 0 radical (unpaired) electrons. The Morgan fingerprint density at radius 3 is 2.46 bits per heavy atom. The number of amides is 3. The Morgan fingerprint density at radius 1 is 1.03 bits per heavy atom. The zero-order valence-corrected chi connectivity index (χ0v) is 21.6. The first-order valence-corrected chi connectivity index (χ1v) is 13.1. The van der Waals surface area contributed by atoms with Gasteiger partial charge in [0.1, 0.15) is 12.2 Å². The molecule has 2 saturated heterocycles. The van der Waals surface area contributed by atoms with E-state index in [0.29, 0.717) is 32.4 Å². The molecule has 210 valence electrons. The van der Waals surface area contributed by atoms with Crippen LogP contribution in [-0.4, -0.2) is 71.1 Å². The third kappa shape index (κ3) is 6.70. The van der Waals surface area contributed by atoms with Crippen LogP contribution >= 0.6 is 0 Å². The molecule has 0 aromatic heterocycles. The summed E-state index contributed by atoms with van der Waals surface area (Å²) in [6.07, 6.45) is -4.29. The molecule has 0 spiro atoms. The van der Waals surface area contributed by atoms with E-state index in [1.54, 1.807) is 4.90 Å². The van der Waals surface area contributed by atoms with Crippen LogP contribution in [0.2, 0.25) is 0 Å². The van der Waals surface area contributed by atoms with Crippen LogP contribution in [-0.2, 0) is 33.5 Å². The molecular weight excluding hydrogens is 513 g/mol. The number of piperazine rings is 1. The number of nitrogens with zero attached hydrogens (tertiary/aromatic N) is 3. The highest BCUT2D eigenvalue weighted by atomic mass is 19.4. The Kier molecular flexibility index (Phi) is 9.11. The molecule has 2 fully saturated rings. The number of benzene rings is 2. The smallest absolute Gasteiger partial charge is 0.416 e. The Labute approximate surface area is 225 Å². The molecule has 2 aliphatic heterocycles. The van der Waals surface area contributed by atoms with Gasteiger partial charge < -0.3 is 20.3 Å². The van der Waals surface area contributed by atoms with Crippen LogP contribution < -0.4 is 5.73 Å². The van der Waals surface area contributed by atoms with Gasteiger partial charge in [-0.25, -0.2) is 4.79 Å². The number of rotatable bonds is 9. The van der Waals surface area contributed by atoms with Crippen molar-refractivity contribution in [3.63, 3.8) is 0 Å². The first kappa shape index (κ1) is 28.4. The average Bonchev–Trinajstić information content (AvgIpc) is 2.91. The van der Waals surface area contributed by atoms with Crippen LogP contribution in [0.25, 0.3) is 0 Å². The molecule has 1 unspecified atom stereocenters. The summed E-state index contributed by atoms with van der Waals surface area (Å²) < 4.78 is 45.4. The zero-order valence-electron chi connectivity index (χ0n) is 21.6. The van der Waals surface area contributed by atoms with Crippen molar-refractivity contribution in [2.45, 2.75) is 57.0 Å². The molecule has 8 nitrogen and oxygen atoms in total. The molecule has 2 aliphatic rings. The summed E-state index contributed by atoms with van der Waals surface area (Å²) in [4.78, 5) is 44.3. The van der Waals surface area contributed by atoms with E-state index in [1.807, 2.05) is 30.3 Å². The zero-order chi connectivity index (χ0) is 28.0. The highest BCUT2D eigenvalue weighted by molar-refractivity contribution is 5.90. The summed E-state index contributed by atoms with van der Waals surface area (Å²) in [6, 6.07) is 13.9. The van der Waals surface area contributed by atoms with E-state index >= 15 is 0 Å². The number of carbonyl (C=O) groups excluding carboxylic acids is 3. The van der Waals surface area contributed by atoms with Crippen LogP contribution in [0.1, 0.15) is 42.4 Å². The number of carbonyl (C=O) groups is 3.